The number of amides is 3. The van der Waals surface area contributed by atoms with Gasteiger partial charge in [0.2, 0.25) is 0 Å². The number of rotatable bonds is 8. The molecule has 0 fully saturated rings. The Hall–Kier alpha value is -2.85. The van der Waals surface area contributed by atoms with Crippen molar-refractivity contribution < 1.29 is 28.7 Å². The number of ether oxygens (including phenoxy) is 2. The molecule has 1 heterocycles. The van der Waals surface area contributed by atoms with Gasteiger partial charge >= 0.3 is 12.1 Å². The van der Waals surface area contributed by atoms with Crippen LogP contribution >= 0.6 is 23.1 Å². The number of thiophene rings is 1. The van der Waals surface area contributed by atoms with Crippen LogP contribution in [0, 0.1) is 6.92 Å². The van der Waals surface area contributed by atoms with Crippen LogP contribution in [0.4, 0.5) is 9.80 Å². The highest BCUT2D eigenvalue weighted by Crippen LogP contribution is 2.34. The minimum atomic E-state index is -0.919. The van der Waals surface area contributed by atoms with Crippen molar-refractivity contribution >= 4 is 52.0 Å². The van der Waals surface area contributed by atoms with Gasteiger partial charge in [0.15, 0.2) is 0 Å². The van der Waals surface area contributed by atoms with Crippen molar-refractivity contribution in [1.82, 2.24) is 5.32 Å². The number of hydrogen-bond acceptors (Lipinski definition) is 8. The molecule has 0 saturated heterocycles. The molecule has 0 radical (unpaired) electrons. The molecule has 0 atom stereocenters. The van der Waals surface area contributed by atoms with Gasteiger partial charge in [0.1, 0.15) is 9.88 Å². The zero-order valence-corrected chi connectivity index (χ0v) is 19.3. The van der Waals surface area contributed by atoms with E-state index in [0.717, 1.165) is 22.0 Å². The zero-order chi connectivity index (χ0) is 23.0. The Bertz CT molecular complexity index is 986. The zero-order valence-electron chi connectivity index (χ0n) is 17.7. The van der Waals surface area contributed by atoms with E-state index in [0.29, 0.717) is 11.1 Å². The summed E-state index contributed by atoms with van der Waals surface area (Å²) < 4.78 is 9.79. The highest BCUT2D eigenvalue weighted by atomic mass is 32.2. The maximum absolute atomic E-state index is 12.8. The van der Waals surface area contributed by atoms with Gasteiger partial charge in [-0.15, -0.1) is 23.1 Å². The summed E-state index contributed by atoms with van der Waals surface area (Å²) in [4.78, 5) is 50.7. The molecule has 0 spiro atoms. The summed E-state index contributed by atoms with van der Waals surface area (Å²) >= 11 is 2.51. The second kappa shape index (κ2) is 11.5. The Morgan fingerprint density at radius 1 is 1.03 bits per heavy atom. The van der Waals surface area contributed by atoms with Crippen LogP contribution in [0.3, 0.4) is 0 Å². The third-order valence-corrected chi connectivity index (χ3v) is 6.02. The summed E-state index contributed by atoms with van der Waals surface area (Å²) in [5.41, 5.74) is 0.711. The number of hydrogen-bond donors (Lipinski definition) is 2. The molecule has 3 amide bonds. The molecule has 10 heteroatoms. The fourth-order valence-corrected chi connectivity index (χ4v) is 4.47. The molecule has 31 heavy (non-hydrogen) atoms. The van der Waals surface area contributed by atoms with Gasteiger partial charge in [-0.3, -0.25) is 14.9 Å². The van der Waals surface area contributed by atoms with Gasteiger partial charge in [0, 0.05) is 10.5 Å². The van der Waals surface area contributed by atoms with E-state index in [9.17, 15) is 19.2 Å². The molecule has 2 aromatic rings. The van der Waals surface area contributed by atoms with Crippen LogP contribution in [0.2, 0.25) is 0 Å². The van der Waals surface area contributed by atoms with Crippen LogP contribution in [0.1, 0.15) is 56.7 Å². The number of imide groups is 1. The highest BCUT2D eigenvalue weighted by molar-refractivity contribution is 7.99. The number of carbonyl (C=O) groups is 4. The molecule has 2 rings (SSSR count). The quantitative estimate of drug-likeness (QED) is 0.437. The lowest BCUT2D eigenvalue weighted by atomic mass is 10.1. The van der Waals surface area contributed by atoms with Crippen LogP contribution < -0.4 is 10.6 Å². The topological polar surface area (TPSA) is 111 Å². The molecule has 1 aromatic heterocycles. The largest absolute Gasteiger partial charge is 0.462 e. The number of alkyl carbamates (subject to hydrolysis) is 1. The van der Waals surface area contributed by atoms with Gasteiger partial charge in [-0.2, -0.15) is 0 Å². The van der Waals surface area contributed by atoms with Crippen molar-refractivity contribution in [2.24, 2.45) is 0 Å². The lowest BCUT2D eigenvalue weighted by Gasteiger charge is -2.09. The first-order chi connectivity index (χ1) is 14.8. The normalized spacial score (nSPS) is 10.3. The van der Waals surface area contributed by atoms with Crippen molar-refractivity contribution in [3.8, 4) is 0 Å². The molecule has 1 aromatic carbocycles. The first kappa shape index (κ1) is 24.4. The maximum atomic E-state index is 12.8. The van der Waals surface area contributed by atoms with E-state index in [1.54, 1.807) is 50.7 Å². The predicted molar refractivity (Wildman–Crippen MR) is 120 cm³/mol. The molecular formula is C21H24N2O6S2. The van der Waals surface area contributed by atoms with E-state index < -0.39 is 23.9 Å². The lowest BCUT2D eigenvalue weighted by molar-refractivity contribution is 0.0531. The number of benzene rings is 1. The lowest BCUT2D eigenvalue weighted by Crippen LogP contribution is -2.32. The number of esters is 1. The number of nitrogens with one attached hydrogen (secondary N) is 2. The van der Waals surface area contributed by atoms with E-state index in [1.807, 2.05) is 13.0 Å². The van der Waals surface area contributed by atoms with Gasteiger partial charge in [-0.1, -0.05) is 13.0 Å². The highest BCUT2D eigenvalue weighted by Gasteiger charge is 2.28. The van der Waals surface area contributed by atoms with E-state index in [4.69, 9.17) is 9.47 Å². The Balaban J connectivity index is 2.39. The Morgan fingerprint density at radius 3 is 2.39 bits per heavy atom. The second-order valence-electron chi connectivity index (χ2n) is 6.07. The van der Waals surface area contributed by atoms with E-state index in [2.05, 4.69) is 10.6 Å². The Kier molecular flexibility index (Phi) is 9.07. The predicted octanol–water partition coefficient (Wildman–Crippen LogP) is 4.48. The standard InChI is InChI=1S/C21H24N2O6S2/c1-5-28-20(26)16-12(4)15(18(25)23-21(27)29-6-2)19(31-16)22-17(24)13-9-8-10-14(11-13)30-7-3/h8-11H,5-7H2,1-4H3,(H,22,24)(H,23,25,27). The molecule has 2 N–H and O–H groups in total. The molecule has 0 aliphatic carbocycles. The molecule has 8 nitrogen and oxygen atoms in total. The van der Waals surface area contributed by atoms with Gasteiger partial charge in [-0.05, 0) is 50.3 Å². The molecule has 0 aliphatic rings. The van der Waals surface area contributed by atoms with Crippen LogP contribution in [-0.2, 0) is 9.47 Å². The van der Waals surface area contributed by atoms with Crippen molar-refractivity contribution in [2.75, 3.05) is 24.3 Å². The number of anilines is 1. The van der Waals surface area contributed by atoms with Crippen LogP contribution in [0.25, 0.3) is 0 Å². The molecular weight excluding hydrogens is 440 g/mol. The van der Waals surface area contributed by atoms with Crippen molar-refractivity contribution in [3.63, 3.8) is 0 Å². The Morgan fingerprint density at radius 2 is 1.74 bits per heavy atom. The SMILES string of the molecule is CCOC(=O)NC(=O)c1c(NC(=O)c2cccc(SCC)c2)sc(C(=O)OCC)c1C. The van der Waals surface area contributed by atoms with Crippen molar-refractivity contribution in [1.29, 1.82) is 0 Å². The molecule has 0 saturated carbocycles. The first-order valence-corrected chi connectivity index (χ1v) is 11.4. The van der Waals surface area contributed by atoms with Crippen LogP contribution in [0.15, 0.2) is 29.2 Å². The molecule has 0 unspecified atom stereocenters. The molecule has 0 aliphatic heterocycles. The first-order valence-electron chi connectivity index (χ1n) is 9.65. The molecule has 0 bridgehead atoms. The Labute approximate surface area is 188 Å². The fourth-order valence-electron chi connectivity index (χ4n) is 2.66. The van der Waals surface area contributed by atoms with Crippen molar-refractivity contribution in [3.05, 3.63) is 45.8 Å². The third-order valence-electron chi connectivity index (χ3n) is 3.96. The van der Waals surface area contributed by atoms with E-state index in [-0.39, 0.29) is 28.7 Å². The average Bonchev–Trinajstić information content (AvgIpc) is 3.04. The van der Waals surface area contributed by atoms with Gasteiger partial charge < -0.3 is 14.8 Å². The second-order valence-corrected chi connectivity index (χ2v) is 8.43. The summed E-state index contributed by atoms with van der Waals surface area (Å²) in [6.07, 6.45) is -0.919. The summed E-state index contributed by atoms with van der Waals surface area (Å²) in [5, 5.41) is 4.93. The number of thioether (sulfide) groups is 1. The van der Waals surface area contributed by atoms with Crippen LogP contribution in [-0.4, -0.2) is 42.8 Å². The summed E-state index contributed by atoms with van der Waals surface area (Å²) in [7, 11) is 0. The number of carbonyl (C=O) groups excluding carboxylic acids is 4. The third kappa shape index (κ3) is 6.31. The van der Waals surface area contributed by atoms with Crippen molar-refractivity contribution in [2.45, 2.75) is 32.6 Å². The maximum Gasteiger partial charge on any atom is 0.414 e. The summed E-state index contributed by atoms with van der Waals surface area (Å²) in [6.45, 7) is 7.08. The van der Waals surface area contributed by atoms with Gasteiger partial charge in [-0.25, -0.2) is 9.59 Å². The summed E-state index contributed by atoms with van der Waals surface area (Å²) in [6, 6.07) is 7.07. The monoisotopic (exact) mass is 464 g/mol. The van der Waals surface area contributed by atoms with E-state index >= 15 is 0 Å². The van der Waals surface area contributed by atoms with E-state index in [1.165, 1.54) is 0 Å². The fraction of sp³-hybridized carbons (Fsp3) is 0.333. The van der Waals surface area contributed by atoms with Gasteiger partial charge in [0.25, 0.3) is 11.8 Å². The molecule has 166 valence electrons. The van der Waals surface area contributed by atoms with Gasteiger partial charge in [0.05, 0.1) is 18.8 Å². The average molecular weight is 465 g/mol. The summed E-state index contributed by atoms with van der Waals surface area (Å²) in [5.74, 6) is -0.984. The minimum absolute atomic E-state index is 0.00791. The minimum Gasteiger partial charge on any atom is -0.462 e. The smallest absolute Gasteiger partial charge is 0.414 e. The van der Waals surface area contributed by atoms with Crippen LogP contribution in [0.5, 0.6) is 0 Å².